The van der Waals surface area contributed by atoms with Crippen LogP contribution in [0.4, 0.5) is 14.5 Å². The molecule has 0 spiro atoms. The number of benzene rings is 2. The van der Waals surface area contributed by atoms with E-state index in [1.165, 1.54) is 47.4 Å². The van der Waals surface area contributed by atoms with Crippen LogP contribution < -0.4 is 9.47 Å². The molecule has 5 nitrogen and oxygen atoms in total. The third-order valence-electron chi connectivity index (χ3n) is 4.55. The number of aromatic nitrogens is 1. The molecule has 2 aromatic carbocycles. The van der Waals surface area contributed by atoms with Crippen molar-refractivity contribution in [2.75, 3.05) is 17.2 Å². The molecule has 2 heterocycles. The first-order valence-corrected chi connectivity index (χ1v) is 12.0. The predicted octanol–water partition coefficient (Wildman–Crippen LogP) is 4.19. The zero-order valence-corrected chi connectivity index (χ0v) is 17.8. The molecule has 1 N–H and O–H groups in total. The molecule has 0 bridgehead atoms. The Hall–Kier alpha value is -2.01. The van der Waals surface area contributed by atoms with E-state index in [0.29, 0.717) is 12.2 Å². The summed E-state index contributed by atoms with van der Waals surface area (Å²) in [5.74, 6) is -1.06. The second-order valence-electron chi connectivity index (χ2n) is 6.60. The van der Waals surface area contributed by atoms with E-state index in [1.54, 1.807) is 12.1 Å². The number of thioether (sulfide) groups is 1. The van der Waals surface area contributed by atoms with Crippen LogP contribution in [0.25, 0.3) is 16.3 Å². The maximum atomic E-state index is 13.8. The fraction of sp³-hybridized carbons (Fsp3) is 0.211. The Morgan fingerprint density at radius 2 is 1.90 bits per heavy atom. The summed E-state index contributed by atoms with van der Waals surface area (Å²) in [5.41, 5.74) is 1.43. The maximum absolute atomic E-state index is 13.8. The Balaban J connectivity index is 1.72. The monoisotopic (exact) mass is 455 g/mol. The van der Waals surface area contributed by atoms with Gasteiger partial charge in [0.15, 0.2) is 0 Å². The van der Waals surface area contributed by atoms with E-state index < -0.39 is 10.1 Å². The molecule has 0 saturated heterocycles. The molecule has 1 aliphatic heterocycles. The minimum atomic E-state index is -4.07. The van der Waals surface area contributed by atoms with Crippen molar-refractivity contribution in [3.8, 4) is 0 Å². The van der Waals surface area contributed by atoms with Gasteiger partial charge in [-0.2, -0.15) is 13.0 Å². The Bertz CT molecular complexity index is 1240. The average molecular weight is 456 g/mol. The predicted molar refractivity (Wildman–Crippen MR) is 112 cm³/mol. The lowest BCUT2D eigenvalue weighted by Gasteiger charge is -2.19. The first kappa shape index (κ1) is 20.3. The molecule has 0 amide bonds. The average Bonchev–Trinajstić information content (AvgIpc) is 3.12. The van der Waals surface area contributed by atoms with Crippen LogP contribution in [0.5, 0.6) is 0 Å². The highest BCUT2D eigenvalue weighted by molar-refractivity contribution is 8.03. The van der Waals surface area contributed by atoms with Gasteiger partial charge >= 0.3 is 0 Å². The lowest BCUT2D eigenvalue weighted by molar-refractivity contribution is -0.642. The van der Waals surface area contributed by atoms with Crippen molar-refractivity contribution in [1.29, 1.82) is 0 Å². The molecule has 4 rings (SSSR count). The molecule has 152 valence electrons. The molecule has 0 fully saturated rings. The largest absolute Gasteiger partial charge is 0.335 e. The molecule has 3 aromatic rings. The minimum absolute atomic E-state index is 0.191. The van der Waals surface area contributed by atoms with Crippen LogP contribution >= 0.6 is 23.1 Å². The summed E-state index contributed by atoms with van der Waals surface area (Å²) in [4.78, 5) is 2.71. The number of anilines is 1. The summed E-state index contributed by atoms with van der Waals surface area (Å²) in [6, 6.07) is 9.10. The van der Waals surface area contributed by atoms with Gasteiger partial charge in [0.25, 0.3) is 15.1 Å². The van der Waals surface area contributed by atoms with Gasteiger partial charge in [-0.05, 0) is 36.8 Å². The van der Waals surface area contributed by atoms with Crippen LogP contribution in [-0.2, 0) is 17.2 Å². The van der Waals surface area contributed by atoms with Gasteiger partial charge in [0.1, 0.15) is 23.4 Å². The van der Waals surface area contributed by atoms with E-state index in [1.807, 2.05) is 22.6 Å². The Kier molecular flexibility index (Phi) is 5.36. The molecule has 0 atom stereocenters. The number of halogens is 2. The highest BCUT2D eigenvalue weighted by Crippen LogP contribution is 2.47. The van der Waals surface area contributed by atoms with Gasteiger partial charge in [-0.15, -0.1) is 0 Å². The summed E-state index contributed by atoms with van der Waals surface area (Å²) in [6.45, 7) is 0.304. The smallest absolute Gasteiger partial charge is 0.265 e. The molecule has 29 heavy (non-hydrogen) atoms. The minimum Gasteiger partial charge on any atom is -0.335 e. The first-order chi connectivity index (χ1) is 13.7. The molecule has 10 heteroatoms. The van der Waals surface area contributed by atoms with Crippen LogP contribution in [0.1, 0.15) is 11.4 Å². The fourth-order valence-corrected chi connectivity index (χ4v) is 5.93. The van der Waals surface area contributed by atoms with Crippen molar-refractivity contribution in [3.63, 3.8) is 0 Å². The number of hydrogen-bond donors (Lipinski definition) is 1. The van der Waals surface area contributed by atoms with Gasteiger partial charge < -0.3 is 4.90 Å². The number of thiazole rings is 1. The number of rotatable bonds is 5. The number of nitrogens with zero attached hydrogens (tertiary/aromatic N) is 2. The Morgan fingerprint density at radius 3 is 2.66 bits per heavy atom. The number of fused-ring (bicyclic) bond motifs is 2. The number of aryl methyl sites for hydroxylation is 1. The van der Waals surface area contributed by atoms with Gasteiger partial charge in [0.05, 0.1) is 22.5 Å². The summed E-state index contributed by atoms with van der Waals surface area (Å²) in [5, 5.41) is 1.68. The standard InChI is InChI=1S/C19H16F2N2O3S3/c1-22-14-9-12(20)3-5-16(14)27-18(22)11-19-23(7-2-8-29(24,25)26)15-10-13(21)4-6-17(15)28-19/h3-6,9-11H,2,7-8H2,1H3/p+1. The van der Waals surface area contributed by atoms with E-state index >= 15 is 0 Å². The lowest BCUT2D eigenvalue weighted by Crippen LogP contribution is -2.29. The van der Waals surface area contributed by atoms with Crippen molar-refractivity contribution in [3.05, 3.63) is 58.1 Å². The molecule has 0 unspecified atom stereocenters. The quantitative estimate of drug-likeness (QED) is 0.462. The third kappa shape index (κ3) is 4.30. The van der Waals surface area contributed by atoms with E-state index in [4.69, 9.17) is 4.55 Å². The van der Waals surface area contributed by atoms with Gasteiger partial charge in [-0.1, -0.05) is 23.1 Å². The SMILES string of the molecule is C[n+]1c(C=C2Sc3ccc(F)cc3N2CCCS(=O)(=O)O)sc2ccc(F)cc21. The van der Waals surface area contributed by atoms with E-state index in [-0.39, 0.29) is 23.8 Å². The van der Waals surface area contributed by atoms with Crippen LogP contribution in [-0.4, -0.2) is 25.3 Å². The Labute approximate surface area is 175 Å². The molecule has 0 aliphatic carbocycles. The van der Waals surface area contributed by atoms with Crippen molar-refractivity contribution < 1.29 is 26.3 Å². The molecule has 0 saturated carbocycles. The zero-order valence-electron chi connectivity index (χ0n) is 15.3. The molecule has 1 aromatic heterocycles. The van der Waals surface area contributed by atoms with E-state index in [0.717, 1.165) is 25.1 Å². The second kappa shape index (κ2) is 7.67. The van der Waals surface area contributed by atoms with Crippen LogP contribution in [0.15, 0.2) is 46.3 Å². The normalized spacial score (nSPS) is 15.4. The third-order valence-corrected chi connectivity index (χ3v) is 7.63. The van der Waals surface area contributed by atoms with E-state index in [2.05, 4.69) is 0 Å². The van der Waals surface area contributed by atoms with Crippen LogP contribution in [0.3, 0.4) is 0 Å². The summed E-state index contributed by atoms with van der Waals surface area (Å²) in [7, 11) is -2.22. The number of hydrogen-bond acceptors (Lipinski definition) is 5. The van der Waals surface area contributed by atoms with Gasteiger partial charge in [-0.3, -0.25) is 4.55 Å². The topological polar surface area (TPSA) is 61.5 Å². The van der Waals surface area contributed by atoms with Gasteiger partial charge in [-0.25, -0.2) is 8.78 Å². The lowest BCUT2D eigenvalue weighted by atomic mass is 10.2. The van der Waals surface area contributed by atoms with Crippen LogP contribution in [0.2, 0.25) is 0 Å². The van der Waals surface area contributed by atoms with Gasteiger partial charge in [0.2, 0.25) is 5.52 Å². The van der Waals surface area contributed by atoms with Crippen molar-refractivity contribution in [2.24, 2.45) is 7.05 Å². The van der Waals surface area contributed by atoms with Crippen molar-refractivity contribution in [1.82, 2.24) is 0 Å². The second-order valence-corrected chi connectivity index (χ2v) is 10.3. The summed E-state index contributed by atoms with van der Waals surface area (Å²) in [6.07, 6.45) is 2.12. The highest BCUT2D eigenvalue weighted by Gasteiger charge is 2.28. The van der Waals surface area contributed by atoms with Crippen molar-refractivity contribution in [2.45, 2.75) is 11.3 Å². The zero-order chi connectivity index (χ0) is 20.8. The highest BCUT2D eigenvalue weighted by atomic mass is 32.2. The molecular formula is C19H17F2N2O3S3+. The van der Waals surface area contributed by atoms with E-state index in [9.17, 15) is 17.2 Å². The first-order valence-electron chi connectivity index (χ1n) is 8.71. The maximum Gasteiger partial charge on any atom is 0.265 e. The molecular weight excluding hydrogens is 438 g/mol. The summed E-state index contributed by atoms with van der Waals surface area (Å²) >= 11 is 2.96. The fourth-order valence-electron chi connectivity index (χ4n) is 3.19. The Morgan fingerprint density at radius 1 is 1.17 bits per heavy atom. The molecule has 1 aliphatic rings. The van der Waals surface area contributed by atoms with Crippen LogP contribution in [0, 0.1) is 11.6 Å². The summed E-state index contributed by atoms with van der Waals surface area (Å²) < 4.78 is 61.4. The van der Waals surface area contributed by atoms with Gasteiger partial charge in [0, 0.05) is 17.5 Å². The van der Waals surface area contributed by atoms with Crippen molar-refractivity contribution >= 4 is 55.2 Å². The molecule has 0 radical (unpaired) electrons.